The van der Waals surface area contributed by atoms with Crippen LogP contribution in [-0.2, 0) is 6.42 Å². The van der Waals surface area contributed by atoms with Crippen LogP contribution in [0.25, 0.3) is 0 Å². The summed E-state index contributed by atoms with van der Waals surface area (Å²) in [7, 11) is 0. The number of hydrogen-bond acceptors (Lipinski definition) is 3. The van der Waals surface area contributed by atoms with E-state index in [4.69, 9.17) is 22.2 Å². The monoisotopic (exact) mass is 304 g/mol. The normalized spacial score (nSPS) is 12.2. The minimum absolute atomic E-state index is 0.0473. The largest absolute Gasteiger partial charge is 0.492 e. The van der Waals surface area contributed by atoms with Crippen molar-refractivity contribution in [2.45, 2.75) is 26.3 Å². The first-order chi connectivity index (χ1) is 10.1. The van der Waals surface area contributed by atoms with Gasteiger partial charge in [-0.15, -0.1) is 0 Å². The SMILES string of the molecule is Cc1ccc(CC(COc2cccc(Cl)c2)NN)cc1C. The maximum atomic E-state index is 5.94. The van der Waals surface area contributed by atoms with Gasteiger partial charge in [-0.2, -0.15) is 0 Å². The molecular formula is C17H21ClN2O. The van der Waals surface area contributed by atoms with Crippen LogP contribution in [0.2, 0.25) is 5.02 Å². The smallest absolute Gasteiger partial charge is 0.120 e. The van der Waals surface area contributed by atoms with E-state index in [1.165, 1.54) is 16.7 Å². The molecule has 2 rings (SSSR count). The summed E-state index contributed by atoms with van der Waals surface area (Å²) in [5, 5.41) is 0.666. The predicted molar refractivity (Wildman–Crippen MR) is 87.7 cm³/mol. The highest BCUT2D eigenvalue weighted by atomic mass is 35.5. The van der Waals surface area contributed by atoms with Gasteiger partial charge in [-0.05, 0) is 55.2 Å². The number of halogens is 1. The first kappa shape index (κ1) is 15.8. The lowest BCUT2D eigenvalue weighted by Gasteiger charge is -2.17. The lowest BCUT2D eigenvalue weighted by Crippen LogP contribution is -2.41. The Morgan fingerprint density at radius 3 is 2.62 bits per heavy atom. The molecule has 112 valence electrons. The van der Waals surface area contributed by atoms with Crippen LogP contribution in [0.1, 0.15) is 16.7 Å². The summed E-state index contributed by atoms with van der Waals surface area (Å²) in [5.74, 6) is 6.38. The van der Waals surface area contributed by atoms with Crippen LogP contribution < -0.4 is 16.0 Å². The second kappa shape index (κ2) is 7.46. The van der Waals surface area contributed by atoms with Crippen LogP contribution in [0.5, 0.6) is 5.75 Å². The van der Waals surface area contributed by atoms with Crippen molar-refractivity contribution in [3.05, 3.63) is 64.2 Å². The predicted octanol–water partition coefficient (Wildman–Crippen LogP) is 3.41. The minimum Gasteiger partial charge on any atom is -0.492 e. The van der Waals surface area contributed by atoms with Gasteiger partial charge in [-0.3, -0.25) is 11.3 Å². The molecule has 0 aliphatic heterocycles. The molecule has 1 unspecified atom stereocenters. The Balaban J connectivity index is 1.95. The van der Waals surface area contributed by atoms with Gasteiger partial charge in [0, 0.05) is 5.02 Å². The van der Waals surface area contributed by atoms with Crippen LogP contribution in [0, 0.1) is 13.8 Å². The van der Waals surface area contributed by atoms with E-state index in [-0.39, 0.29) is 6.04 Å². The summed E-state index contributed by atoms with van der Waals surface area (Å²) in [6.07, 6.45) is 0.818. The molecule has 0 aliphatic carbocycles. The Hall–Kier alpha value is -1.55. The van der Waals surface area contributed by atoms with Crippen molar-refractivity contribution in [1.82, 2.24) is 5.43 Å². The summed E-state index contributed by atoms with van der Waals surface area (Å²) in [6.45, 7) is 4.72. The minimum atomic E-state index is 0.0473. The summed E-state index contributed by atoms with van der Waals surface area (Å²) >= 11 is 5.94. The molecule has 3 N–H and O–H groups in total. The van der Waals surface area contributed by atoms with Crippen LogP contribution in [0.3, 0.4) is 0 Å². The third kappa shape index (κ3) is 4.74. The van der Waals surface area contributed by atoms with Gasteiger partial charge < -0.3 is 4.74 Å². The first-order valence-electron chi connectivity index (χ1n) is 6.99. The van der Waals surface area contributed by atoms with Gasteiger partial charge in [0.15, 0.2) is 0 Å². The molecule has 0 fully saturated rings. The zero-order valence-electron chi connectivity index (χ0n) is 12.4. The summed E-state index contributed by atoms with van der Waals surface area (Å²) in [6, 6.07) is 13.9. The number of ether oxygens (including phenoxy) is 1. The molecular weight excluding hydrogens is 284 g/mol. The maximum Gasteiger partial charge on any atom is 0.120 e. The zero-order valence-corrected chi connectivity index (χ0v) is 13.2. The molecule has 0 aliphatic rings. The summed E-state index contributed by atoms with van der Waals surface area (Å²) in [5.41, 5.74) is 6.65. The molecule has 0 aromatic heterocycles. The maximum absolute atomic E-state index is 5.94. The third-order valence-corrected chi connectivity index (χ3v) is 3.77. The number of hydrogen-bond donors (Lipinski definition) is 2. The lowest BCUT2D eigenvalue weighted by molar-refractivity contribution is 0.264. The molecule has 2 aromatic rings. The molecule has 1 atom stereocenters. The Kier molecular flexibility index (Phi) is 5.62. The highest BCUT2D eigenvalue weighted by molar-refractivity contribution is 6.30. The van der Waals surface area contributed by atoms with Gasteiger partial charge in [0.25, 0.3) is 0 Å². The van der Waals surface area contributed by atoms with E-state index in [0.717, 1.165) is 12.2 Å². The number of aryl methyl sites for hydroxylation is 2. The van der Waals surface area contributed by atoms with Gasteiger partial charge in [-0.1, -0.05) is 35.9 Å². The Morgan fingerprint density at radius 2 is 1.95 bits per heavy atom. The lowest BCUT2D eigenvalue weighted by atomic mass is 10.0. The molecule has 0 saturated heterocycles. The molecule has 0 spiro atoms. The van der Waals surface area contributed by atoms with E-state index in [9.17, 15) is 0 Å². The van der Waals surface area contributed by atoms with E-state index in [1.54, 1.807) is 6.07 Å². The molecule has 2 aromatic carbocycles. The fraction of sp³-hybridized carbons (Fsp3) is 0.294. The molecule has 0 bridgehead atoms. The number of nitrogens with one attached hydrogen (secondary N) is 1. The summed E-state index contributed by atoms with van der Waals surface area (Å²) < 4.78 is 5.74. The van der Waals surface area contributed by atoms with Gasteiger partial charge >= 0.3 is 0 Å². The van der Waals surface area contributed by atoms with Crippen LogP contribution in [0.4, 0.5) is 0 Å². The van der Waals surface area contributed by atoms with E-state index < -0.39 is 0 Å². The zero-order chi connectivity index (χ0) is 15.2. The molecule has 3 nitrogen and oxygen atoms in total. The van der Waals surface area contributed by atoms with Crippen molar-refractivity contribution in [1.29, 1.82) is 0 Å². The average molecular weight is 305 g/mol. The van der Waals surface area contributed by atoms with E-state index in [2.05, 4.69) is 37.5 Å². The van der Waals surface area contributed by atoms with E-state index >= 15 is 0 Å². The highest BCUT2D eigenvalue weighted by Gasteiger charge is 2.09. The fourth-order valence-electron chi connectivity index (χ4n) is 2.13. The highest BCUT2D eigenvalue weighted by Crippen LogP contribution is 2.18. The van der Waals surface area contributed by atoms with Gasteiger partial charge in [0.1, 0.15) is 12.4 Å². The number of rotatable bonds is 6. The Labute approximate surface area is 131 Å². The van der Waals surface area contributed by atoms with Crippen molar-refractivity contribution in [3.63, 3.8) is 0 Å². The quantitative estimate of drug-likeness (QED) is 0.635. The third-order valence-electron chi connectivity index (χ3n) is 3.54. The van der Waals surface area contributed by atoms with Gasteiger partial charge in [0.05, 0.1) is 6.04 Å². The standard InChI is InChI=1S/C17H21ClN2O/c1-12-6-7-14(8-13(12)2)9-16(20-19)11-21-17-5-3-4-15(18)10-17/h3-8,10,16,20H,9,11,19H2,1-2H3. The summed E-state index contributed by atoms with van der Waals surface area (Å²) in [4.78, 5) is 0. The number of nitrogens with two attached hydrogens (primary N) is 1. The first-order valence-corrected chi connectivity index (χ1v) is 7.37. The van der Waals surface area contributed by atoms with E-state index in [0.29, 0.717) is 11.6 Å². The topological polar surface area (TPSA) is 47.3 Å². The van der Waals surface area contributed by atoms with E-state index in [1.807, 2.05) is 18.2 Å². The second-order valence-electron chi connectivity index (χ2n) is 5.25. The Bertz CT molecular complexity index is 601. The van der Waals surface area contributed by atoms with Crippen LogP contribution in [0.15, 0.2) is 42.5 Å². The molecule has 0 radical (unpaired) electrons. The van der Waals surface area contributed by atoms with Crippen LogP contribution >= 0.6 is 11.6 Å². The van der Waals surface area contributed by atoms with Crippen molar-refractivity contribution >= 4 is 11.6 Å². The average Bonchev–Trinajstić information content (AvgIpc) is 2.47. The molecule has 0 saturated carbocycles. The number of hydrazine groups is 1. The fourth-order valence-corrected chi connectivity index (χ4v) is 2.31. The molecule has 21 heavy (non-hydrogen) atoms. The van der Waals surface area contributed by atoms with Gasteiger partial charge in [-0.25, -0.2) is 0 Å². The molecule has 4 heteroatoms. The Morgan fingerprint density at radius 1 is 1.14 bits per heavy atom. The van der Waals surface area contributed by atoms with Crippen molar-refractivity contribution in [3.8, 4) is 5.75 Å². The van der Waals surface area contributed by atoms with Crippen molar-refractivity contribution in [2.75, 3.05) is 6.61 Å². The van der Waals surface area contributed by atoms with Crippen molar-refractivity contribution in [2.24, 2.45) is 5.84 Å². The second-order valence-corrected chi connectivity index (χ2v) is 5.69. The number of benzene rings is 2. The molecule has 0 heterocycles. The molecule has 0 amide bonds. The van der Waals surface area contributed by atoms with Crippen LogP contribution in [-0.4, -0.2) is 12.6 Å². The van der Waals surface area contributed by atoms with Crippen molar-refractivity contribution < 1.29 is 4.74 Å². The van der Waals surface area contributed by atoms with Gasteiger partial charge in [0.2, 0.25) is 0 Å².